The van der Waals surface area contributed by atoms with Gasteiger partial charge in [0.2, 0.25) is 11.8 Å². The Kier molecular flexibility index (Phi) is 8.14. The summed E-state index contributed by atoms with van der Waals surface area (Å²) in [5.74, 6) is -0.447. The third-order valence-electron chi connectivity index (χ3n) is 4.73. The van der Waals surface area contributed by atoms with Gasteiger partial charge in [-0.3, -0.25) is 9.59 Å². The van der Waals surface area contributed by atoms with E-state index in [1.165, 1.54) is 24.6 Å². The smallest absolute Gasteiger partial charge is 0.419 e. The molecule has 2 rings (SSSR count). The number of ether oxygens (including phenoxy) is 1. The second kappa shape index (κ2) is 10.3. The minimum absolute atomic E-state index is 0.116. The lowest BCUT2D eigenvalue weighted by Gasteiger charge is -2.21. The van der Waals surface area contributed by atoms with E-state index in [-0.39, 0.29) is 24.8 Å². The topological polar surface area (TPSA) is 67.4 Å². The standard InChI is InChI=1S/C20H27F3N2O3/c1-14(13-28-17-10-6-5-9-16(17)20(21,22)23)25-19(27)12-24-18(26)11-15-7-3-2-4-8-15/h5-6,9-10,14-15H,2-4,7-8,11-13H2,1H3,(H,24,26)(H,25,27). The first-order chi connectivity index (χ1) is 13.3. The number of nitrogens with one attached hydrogen (secondary N) is 2. The molecule has 156 valence electrons. The zero-order chi connectivity index (χ0) is 20.6. The molecule has 0 heterocycles. The monoisotopic (exact) mass is 400 g/mol. The Hall–Kier alpha value is -2.25. The molecule has 8 heteroatoms. The van der Waals surface area contributed by atoms with Crippen LogP contribution in [0.3, 0.4) is 0 Å². The van der Waals surface area contributed by atoms with Crippen molar-refractivity contribution in [2.24, 2.45) is 5.92 Å². The van der Waals surface area contributed by atoms with E-state index in [9.17, 15) is 22.8 Å². The summed E-state index contributed by atoms with van der Waals surface area (Å²) in [6, 6.07) is 4.42. The predicted molar refractivity (Wildman–Crippen MR) is 98.7 cm³/mol. The molecular formula is C20H27F3N2O3. The minimum atomic E-state index is -4.51. The van der Waals surface area contributed by atoms with Crippen LogP contribution in [-0.2, 0) is 15.8 Å². The lowest BCUT2D eigenvalue weighted by molar-refractivity contribution is -0.139. The molecule has 1 atom stereocenters. The Morgan fingerprint density at radius 3 is 2.50 bits per heavy atom. The maximum atomic E-state index is 12.9. The van der Waals surface area contributed by atoms with E-state index in [1.54, 1.807) is 6.92 Å². The zero-order valence-corrected chi connectivity index (χ0v) is 16.0. The molecule has 1 fully saturated rings. The van der Waals surface area contributed by atoms with Crippen molar-refractivity contribution in [2.75, 3.05) is 13.2 Å². The molecule has 0 aromatic heterocycles. The maximum absolute atomic E-state index is 12.9. The maximum Gasteiger partial charge on any atom is 0.419 e. The van der Waals surface area contributed by atoms with Crippen LogP contribution in [-0.4, -0.2) is 31.0 Å². The summed E-state index contributed by atoms with van der Waals surface area (Å²) in [6.07, 6.45) is 1.53. The number of benzene rings is 1. The van der Waals surface area contributed by atoms with Crippen LogP contribution in [0.4, 0.5) is 13.2 Å². The van der Waals surface area contributed by atoms with E-state index in [4.69, 9.17) is 4.74 Å². The van der Waals surface area contributed by atoms with Crippen molar-refractivity contribution in [3.05, 3.63) is 29.8 Å². The molecule has 2 amide bonds. The normalized spacial score (nSPS) is 16.3. The Morgan fingerprint density at radius 1 is 1.14 bits per heavy atom. The van der Waals surface area contributed by atoms with Gasteiger partial charge in [-0.2, -0.15) is 13.2 Å². The highest BCUT2D eigenvalue weighted by molar-refractivity contribution is 5.84. The third-order valence-corrected chi connectivity index (χ3v) is 4.73. The first-order valence-electron chi connectivity index (χ1n) is 9.61. The van der Waals surface area contributed by atoms with E-state index in [0.717, 1.165) is 31.7 Å². The Labute approximate surface area is 163 Å². The number of alkyl halides is 3. The van der Waals surface area contributed by atoms with E-state index in [1.807, 2.05) is 0 Å². The average Bonchev–Trinajstić information content (AvgIpc) is 2.65. The van der Waals surface area contributed by atoms with Crippen LogP contribution in [0.15, 0.2) is 24.3 Å². The van der Waals surface area contributed by atoms with Crippen LogP contribution in [0.1, 0.15) is 51.0 Å². The number of carbonyl (C=O) groups is 2. The number of rotatable bonds is 8. The summed E-state index contributed by atoms with van der Waals surface area (Å²) in [7, 11) is 0. The van der Waals surface area contributed by atoms with Crippen molar-refractivity contribution >= 4 is 11.8 Å². The summed E-state index contributed by atoms with van der Waals surface area (Å²) in [6.45, 7) is 1.35. The SMILES string of the molecule is CC(COc1ccccc1C(F)(F)F)NC(=O)CNC(=O)CC1CCCCC1. The van der Waals surface area contributed by atoms with Gasteiger partial charge in [-0.05, 0) is 37.8 Å². The molecule has 1 saturated carbocycles. The van der Waals surface area contributed by atoms with Crippen molar-refractivity contribution in [2.45, 2.75) is 57.7 Å². The molecule has 0 bridgehead atoms. The highest BCUT2D eigenvalue weighted by atomic mass is 19.4. The first-order valence-corrected chi connectivity index (χ1v) is 9.61. The molecule has 0 saturated heterocycles. The molecule has 0 spiro atoms. The number of para-hydroxylation sites is 1. The molecule has 2 N–H and O–H groups in total. The third kappa shape index (κ3) is 7.40. The van der Waals surface area contributed by atoms with Gasteiger partial charge in [0.15, 0.2) is 0 Å². The van der Waals surface area contributed by atoms with Gasteiger partial charge in [-0.15, -0.1) is 0 Å². The fourth-order valence-corrected chi connectivity index (χ4v) is 3.31. The molecule has 0 aliphatic heterocycles. The zero-order valence-electron chi connectivity index (χ0n) is 16.0. The quantitative estimate of drug-likeness (QED) is 0.700. The summed E-state index contributed by atoms with van der Waals surface area (Å²) in [5, 5.41) is 5.20. The number of halogens is 3. The number of hydrogen-bond acceptors (Lipinski definition) is 3. The highest BCUT2D eigenvalue weighted by Crippen LogP contribution is 2.35. The molecule has 5 nitrogen and oxygen atoms in total. The first kappa shape index (κ1) is 22.0. The predicted octanol–water partition coefficient (Wildman–Crippen LogP) is 3.68. The van der Waals surface area contributed by atoms with Crippen LogP contribution >= 0.6 is 0 Å². The van der Waals surface area contributed by atoms with E-state index in [2.05, 4.69) is 10.6 Å². The Morgan fingerprint density at radius 2 is 1.82 bits per heavy atom. The molecule has 1 aliphatic rings. The van der Waals surface area contributed by atoms with Gasteiger partial charge in [0.25, 0.3) is 0 Å². The van der Waals surface area contributed by atoms with Gasteiger partial charge in [0.05, 0.1) is 18.2 Å². The van der Waals surface area contributed by atoms with Gasteiger partial charge in [0.1, 0.15) is 12.4 Å². The van der Waals surface area contributed by atoms with Gasteiger partial charge >= 0.3 is 6.18 Å². The van der Waals surface area contributed by atoms with Crippen molar-refractivity contribution in [1.29, 1.82) is 0 Å². The lowest BCUT2D eigenvalue weighted by Crippen LogP contribution is -2.43. The summed E-state index contributed by atoms with van der Waals surface area (Å²) < 4.78 is 44.0. The average molecular weight is 400 g/mol. The second-order valence-electron chi connectivity index (χ2n) is 7.26. The summed E-state index contributed by atoms with van der Waals surface area (Å²) >= 11 is 0. The molecule has 28 heavy (non-hydrogen) atoms. The minimum Gasteiger partial charge on any atom is -0.491 e. The molecule has 1 aromatic rings. The summed E-state index contributed by atoms with van der Waals surface area (Å²) in [4.78, 5) is 23.8. The van der Waals surface area contributed by atoms with E-state index >= 15 is 0 Å². The number of amides is 2. The molecule has 0 radical (unpaired) electrons. The second-order valence-corrected chi connectivity index (χ2v) is 7.26. The van der Waals surface area contributed by atoms with Crippen LogP contribution in [0.5, 0.6) is 5.75 Å². The molecule has 1 aliphatic carbocycles. The van der Waals surface area contributed by atoms with Crippen LogP contribution in [0, 0.1) is 5.92 Å². The Bertz CT molecular complexity index is 658. The lowest BCUT2D eigenvalue weighted by atomic mass is 9.87. The Balaban J connectivity index is 1.70. The van der Waals surface area contributed by atoms with Crippen LogP contribution < -0.4 is 15.4 Å². The van der Waals surface area contributed by atoms with Gasteiger partial charge in [-0.25, -0.2) is 0 Å². The fourth-order valence-electron chi connectivity index (χ4n) is 3.31. The van der Waals surface area contributed by atoms with Gasteiger partial charge < -0.3 is 15.4 Å². The fraction of sp³-hybridized carbons (Fsp3) is 0.600. The molecular weight excluding hydrogens is 373 g/mol. The van der Waals surface area contributed by atoms with Crippen molar-refractivity contribution in [3.63, 3.8) is 0 Å². The summed E-state index contributed by atoms with van der Waals surface area (Å²) in [5.41, 5.74) is -0.858. The largest absolute Gasteiger partial charge is 0.491 e. The van der Waals surface area contributed by atoms with Crippen molar-refractivity contribution in [3.8, 4) is 5.75 Å². The van der Waals surface area contributed by atoms with E-state index < -0.39 is 23.7 Å². The number of carbonyl (C=O) groups excluding carboxylic acids is 2. The number of hydrogen-bond donors (Lipinski definition) is 2. The molecule has 1 unspecified atom stereocenters. The van der Waals surface area contributed by atoms with Gasteiger partial charge in [-0.1, -0.05) is 31.4 Å². The highest BCUT2D eigenvalue weighted by Gasteiger charge is 2.34. The molecule has 1 aromatic carbocycles. The van der Waals surface area contributed by atoms with Crippen molar-refractivity contribution < 1.29 is 27.5 Å². The van der Waals surface area contributed by atoms with Crippen LogP contribution in [0.25, 0.3) is 0 Å². The van der Waals surface area contributed by atoms with Gasteiger partial charge in [0, 0.05) is 6.42 Å². The van der Waals surface area contributed by atoms with E-state index in [0.29, 0.717) is 12.3 Å². The van der Waals surface area contributed by atoms with Crippen LogP contribution in [0.2, 0.25) is 0 Å². The van der Waals surface area contributed by atoms with Crippen molar-refractivity contribution in [1.82, 2.24) is 10.6 Å².